The maximum absolute atomic E-state index is 12.4. The SMILES string of the molecule is CC(NCc1ccc(C(F)(F)F)cc1)c1ccccn1. The van der Waals surface area contributed by atoms with Gasteiger partial charge in [0.2, 0.25) is 0 Å². The van der Waals surface area contributed by atoms with Crippen molar-refractivity contribution in [3.8, 4) is 0 Å². The minimum absolute atomic E-state index is 0.0403. The maximum atomic E-state index is 12.4. The summed E-state index contributed by atoms with van der Waals surface area (Å²) in [5.74, 6) is 0. The smallest absolute Gasteiger partial charge is 0.305 e. The fraction of sp³-hybridized carbons (Fsp3) is 0.267. The fourth-order valence-corrected chi connectivity index (χ4v) is 1.82. The van der Waals surface area contributed by atoms with Crippen LogP contribution >= 0.6 is 0 Å². The summed E-state index contributed by atoms with van der Waals surface area (Å²) in [5, 5.41) is 3.23. The van der Waals surface area contributed by atoms with E-state index in [0.29, 0.717) is 6.54 Å². The number of pyridine rings is 1. The lowest BCUT2D eigenvalue weighted by atomic mass is 10.1. The lowest BCUT2D eigenvalue weighted by Crippen LogP contribution is -2.19. The van der Waals surface area contributed by atoms with Gasteiger partial charge in [-0.25, -0.2) is 0 Å². The van der Waals surface area contributed by atoms with Crippen LogP contribution in [0.1, 0.15) is 29.8 Å². The third kappa shape index (κ3) is 3.81. The normalized spacial score (nSPS) is 13.2. The van der Waals surface area contributed by atoms with Gasteiger partial charge in [0.1, 0.15) is 0 Å². The van der Waals surface area contributed by atoms with Crippen LogP contribution in [-0.2, 0) is 12.7 Å². The molecule has 0 aliphatic heterocycles. The zero-order chi connectivity index (χ0) is 14.6. The molecule has 0 saturated heterocycles. The lowest BCUT2D eigenvalue weighted by molar-refractivity contribution is -0.137. The molecule has 1 unspecified atom stereocenters. The van der Waals surface area contributed by atoms with Gasteiger partial charge in [0.05, 0.1) is 11.3 Å². The third-order valence-electron chi connectivity index (χ3n) is 3.03. The largest absolute Gasteiger partial charge is 0.416 e. The summed E-state index contributed by atoms with van der Waals surface area (Å²) in [5.41, 5.74) is 1.08. The van der Waals surface area contributed by atoms with Gasteiger partial charge in [-0.05, 0) is 36.8 Å². The Bertz CT molecular complexity index is 535. The molecule has 0 amide bonds. The predicted molar refractivity (Wildman–Crippen MR) is 70.9 cm³/mol. The van der Waals surface area contributed by atoms with E-state index in [1.165, 1.54) is 12.1 Å². The van der Waals surface area contributed by atoms with E-state index in [9.17, 15) is 13.2 Å². The molecule has 0 aliphatic carbocycles. The van der Waals surface area contributed by atoms with E-state index in [1.807, 2.05) is 25.1 Å². The monoisotopic (exact) mass is 280 g/mol. The topological polar surface area (TPSA) is 24.9 Å². The van der Waals surface area contributed by atoms with E-state index < -0.39 is 11.7 Å². The van der Waals surface area contributed by atoms with E-state index in [1.54, 1.807) is 6.20 Å². The van der Waals surface area contributed by atoms with Crippen LogP contribution in [0.5, 0.6) is 0 Å². The van der Waals surface area contributed by atoms with Gasteiger partial charge >= 0.3 is 6.18 Å². The quantitative estimate of drug-likeness (QED) is 0.917. The molecule has 106 valence electrons. The average molecular weight is 280 g/mol. The van der Waals surface area contributed by atoms with Crippen LogP contribution in [0.4, 0.5) is 13.2 Å². The Kier molecular flexibility index (Phi) is 4.39. The summed E-state index contributed by atoms with van der Waals surface area (Å²) in [6.07, 6.45) is -2.57. The standard InChI is InChI=1S/C15H15F3N2/c1-11(14-4-2-3-9-19-14)20-10-12-5-7-13(8-6-12)15(16,17)18/h2-9,11,20H,10H2,1H3. The van der Waals surface area contributed by atoms with Crippen LogP contribution < -0.4 is 5.32 Å². The molecule has 20 heavy (non-hydrogen) atoms. The van der Waals surface area contributed by atoms with Gasteiger partial charge in [-0.1, -0.05) is 18.2 Å². The predicted octanol–water partition coefficient (Wildman–Crippen LogP) is 3.95. The number of halogens is 3. The van der Waals surface area contributed by atoms with E-state index in [0.717, 1.165) is 23.4 Å². The molecule has 0 radical (unpaired) electrons. The molecule has 1 atom stereocenters. The Balaban J connectivity index is 1.94. The Morgan fingerprint density at radius 3 is 2.35 bits per heavy atom. The van der Waals surface area contributed by atoms with Crippen molar-refractivity contribution in [1.82, 2.24) is 10.3 Å². The van der Waals surface area contributed by atoms with Gasteiger partial charge in [-0.15, -0.1) is 0 Å². The summed E-state index contributed by atoms with van der Waals surface area (Å²) >= 11 is 0. The molecule has 0 saturated carbocycles. The number of aromatic nitrogens is 1. The van der Waals surface area contributed by atoms with Gasteiger partial charge in [-0.3, -0.25) is 4.98 Å². The Labute approximate surface area is 115 Å². The zero-order valence-corrected chi connectivity index (χ0v) is 11.0. The molecule has 0 spiro atoms. The highest BCUT2D eigenvalue weighted by atomic mass is 19.4. The van der Waals surface area contributed by atoms with Crippen molar-refractivity contribution in [3.05, 3.63) is 65.5 Å². The molecule has 2 nitrogen and oxygen atoms in total. The highest BCUT2D eigenvalue weighted by molar-refractivity contribution is 5.24. The average Bonchev–Trinajstić information content (AvgIpc) is 2.45. The first kappa shape index (κ1) is 14.5. The molecule has 1 aromatic carbocycles. The van der Waals surface area contributed by atoms with E-state index >= 15 is 0 Å². The number of alkyl halides is 3. The molecule has 0 fully saturated rings. The number of rotatable bonds is 4. The second-order valence-corrected chi connectivity index (χ2v) is 4.55. The molecular formula is C15H15F3N2. The minimum Gasteiger partial charge on any atom is -0.305 e. The first-order chi connectivity index (χ1) is 9.47. The molecule has 5 heteroatoms. The highest BCUT2D eigenvalue weighted by Crippen LogP contribution is 2.29. The van der Waals surface area contributed by atoms with Crippen LogP contribution in [0.2, 0.25) is 0 Å². The lowest BCUT2D eigenvalue weighted by Gasteiger charge is -2.13. The minimum atomic E-state index is -4.28. The van der Waals surface area contributed by atoms with Crippen molar-refractivity contribution in [3.63, 3.8) is 0 Å². The summed E-state index contributed by atoms with van der Waals surface area (Å²) in [6, 6.07) is 10.9. The summed E-state index contributed by atoms with van der Waals surface area (Å²) in [7, 11) is 0. The van der Waals surface area contributed by atoms with Crippen molar-refractivity contribution in [2.24, 2.45) is 0 Å². The van der Waals surface area contributed by atoms with Crippen molar-refractivity contribution >= 4 is 0 Å². The molecular weight excluding hydrogens is 265 g/mol. The van der Waals surface area contributed by atoms with E-state index in [-0.39, 0.29) is 6.04 Å². The van der Waals surface area contributed by atoms with Crippen molar-refractivity contribution in [2.45, 2.75) is 25.7 Å². The zero-order valence-electron chi connectivity index (χ0n) is 11.0. The molecule has 0 bridgehead atoms. The Hall–Kier alpha value is -1.88. The first-order valence-corrected chi connectivity index (χ1v) is 6.27. The van der Waals surface area contributed by atoms with Gasteiger partial charge in [-0.2, -0.15) is 13.2 Å². The second kappa shape index (κ2) is 6.05. The van der Waals surface area contributed by atoms with Gasteiger partial charge in [0, 0.05) is 18.8 Å². The molecule has 1 aromatic heterocycles. The van der Waals surface area contributed by atoms with Crippen LogP contribution in [-0.4, -0.2) is 4.98 Å². The summed E-state index contributed by atoms with van der Waals surface area (Å²) < 4.78 is 37.3. The third-order valence-corrected chi connectivity index (χ3v) is 3.03. The van der Waals surface area contributed by atoms with Crippen molar-refractivity contribution < 1.29 is 13.2 Å². The molecule has 2 rings (SSSR count). The molecule has 1 N–H and O–H groups in total. The first-order valence-electron chi connectivity index (χ1n) is 6.27. The van der Waals surface area contributed by atoms with Gasteiger partial charge in [0.15, 0.2) is 0 Å². The van der Waals surface area contributed by atoms with Crippen LogP contribution in [0.3, 0.4) is 0 Å². The highest BCUT2D eigenvalue weighted by Gasteiger charge is 2.29. The van der Waals surface area contributed by atoms with E-state index in [4.69, 9.17) is 0 Å². The second-order valence-electron chi connectivity index (χ2n) is 4.55. The van der Waals surface area contributed by atoms with Crippen molar-refractivity contribution in [1.29, 1.82) is 0 Å². The van der Waals surface area contributed by atoms with Gasteiger partial charge in [0.25, 0.3) is 0 Å². The number of nitrogens with one attached hydrogen (secondary N) is 1. The van der Waals surface area contributed by atoms with Crippen LogP contribution in [0.25, 0.3) is 0 Å². The number of hydrogen-bond acceptors (Lipinski definition) is 2. The Morgan fingerprint density at radius 2 is 1.80 bits per heavy atom. The Morgan fingerprint density at radius 1 is 1.10 bits per heavy atom. The molecule has 1 heterocycles. The molecule has 0 aliphatic rings. The maximum Gasteiger partial charge on any atom is 0.416 e. The van der Waals surface area contributed by atoms with E-state index in [2.05, 4.69) is 10.3 Å². The van der Waals surface area contributed by atoms with Gasteiger partial charge < -0.3 is 5.32 Å². The fourth-order valence-electron chi connectivity index (χ4n) is 1.82. The molecule has 2 aromatic rings. The number of benzene rings is 1. The summed E-state index contributed by atoms with van der Waals surface area (Å²) in [4.78, 5) is 4.23. The summed E-state index contributed by atoms with van der Waals surface area (Å²) in [6.45, 7) is 2.46. The number of hydrogen-bond donors (Lipinski definition) is 1. The van der Waals surface area contributed by atoms with Crippen molar-refractivity contribution in [2.75, 3.05) is 0 Å². The number of nitrogens with zero attached hydrogens (tertiary/aromatic N) is 1. The van der Waals surface area contributed by atoms with Crippen LogP contribution in [0.15, 0.2) is 48.7 Å². The van der Waals surface area contributed by atoms with Crippen LogP contribution in [0, 0.1) is 0 Å².